The van der Waals surface area contributed by atoms with E-state index in [1.165, 1.54) is 10.8 Å². The van der Waals surface area contributed by atoms with Gasteiger partial charge in [-0.1, -0.05) is 0 Å². The Morgan fingerprint density at radius 2 is 2.42 bits per heavy atom. The summed E-state index contributed by atoms with van der Waals surface area (Å²) < 4.78 is 1.43. The molecule has 0 atom stereocenters. The molecule has 1 heterocycles. The number of carbonyl (C=O) groups is 1. The Kier molecular flexibility index (Phi) is 2.74. The van der Waals surface area contributed by atoms with Crippen LogP contribution in [0.2, 0.25) is 0 Å². The van der Waals surface area contributed by atoms with Crippen LogP contribution in [0.3, 0.4) is 0 Å². The lowest BCUT2D eigenvalue weighted by atomic mass is 10.4. The van der Waals surface area contributed by atoms with Crippen LogP contribution in [-0.2, 0) is 11.3 Å². The Morgan fingerprint density at radius 1 is 1.67 bits per heavy atom. The van der Waals surface area contributed by atoms with E-state index in [9.17, 15) is 9.59 Å². The van der Waals surface area contributed by atoms with Crippen molar-refractivity contribution in [2.45, 2.75) is 19.9 Å². The van der Waals surface area contributed by atoms with Crippen molar-refractivity contribution < 1.29 is 4.79 Å². The second kappa shape index (κ2) is 3.80. The minimum atomic E-state index is -0.303. The fourth-order valence-corrected chi connectivity index (χ4v) is 0.918. The van der Waals surface area contributed by atoms with Crippen molar-refractivity contribution in [1.82, 2.24) is 9.55 Å². The zero-order chi connectivity index (χ0) is 8.97. The topological polar surface area (TPSA) is 52.0 Å². The first-order chi connectivity index (χ1) is 5.74. The molecule has 0 N–H and O–H groups in total. The molecule has 0 aliphatic heterocycles. The van der Waals surface area contributed by atoms with Gasteiger partial charge in [0, 0.05) is 25.4 Å². The summed E-state index contributed by atoms with van der Waals surface area (Å²) in [6.07, 6.45) is 4.35. The average Bonchev–Trinajstić information content (AvgIpc) is 2.07. The van der Waals surface area contributed by atoms with E-state index in [1.54, 1.807) is 6.20 Å². The molecular weight excluding hydrogens is 156 g/mol. The average molecular weight is 166 g/mol. The Hall–Kier alpha value is -1.45. The van der Waals surface area contributed by atoms with Gasteiger partial charge >= 0.3 is 5.69 Å². The van der Waals surface area contributed by atoms with Gasteiger partial charge in [0.1, 0.15) is 6.29 Å². The number of hydrogen-bond acceptors (Lipinski definition) is 3. The normalized spacial score (nSPS) is 9.75. The maximum atomic E-state index is 11.0. The Balaban J connectivity index is 2.89. The number of aryl methyl sites for hydroxylation is 2. The zero-order valence-corrected chi connectivity index (χ0v) is 6.86. The van der Waals surface area contributed by atoms with E-state index in [0.29, 0.717) is 13.0 Å². The van der Waals surface area contributed by atoms with Crippen LogP contribution in [0.1, 0.15) is 12.0 Å². The largest absolute Gasteiger partial charge is 0.347 e. The Morgan fingerprint density at radius 3 is 3.08 bits per heavy atom. The summed E-state index contributed by atoms with van der Waals surface area (Å²) >= 11 is 0. The quantitative estimate of drug-likeness (QED) is 0.600. The SMILES string of the molecule is Cc1cnc(=O)n(CCC=O)c1. The van der Waals surface area contributed by atoms with Gasteiger partial charge in [-0.05, 0) is 12.5 Å². The monoisotopic (exact) mass is 166 g/mol. The molecule has 0 saturated heterocycles. The lowest BCUT2D eigenvalue weighted by Gasteiger charge is -2.01. The highest BCUT2D eigenvalue weighted by molar-refractivity contribution is 5.48. The predicted octanol–water partition coefficient (Wildman–Crippen LogP) is 0.141. The van der Waals surface area contributed by atoms with Crippen molar-refractivity contribution in [3.8, 4) is 0 Å². The number of hydrogen-bond donors (Lipinski definition) is 0. The second-order valence-electron chi connectivity index (χ2n) is 2.56. The van der Waals surface area contributed by atoms with Gasteiger partial charge < -0.3 is 4.79 Å². The highest BCUT2D eigenvalue weighted by atomic mass is 16.1. The number of carbonyl (C=O) groups excluding carboxylic acids is 1. The van der Waals surface area contributed by atoms with Crippen LogP contribution in [0, 0.1) is 6.92 Å². The van der Waals surface area contributed by atoms with E-state index < -0.39 is 0 Å². The molecule has 0 aromatic carbocycles. The minimum Gasteiger partial charge on any atom is -0.303 e. The smallest absolute Gasteiger partial charge is 0.303 e. The molecule has 0 spiro atoms. The third kappa shape index (κ3) is 2.02. The van der Waals surface area contributed by atoms with Crippen LogP contribution in [0.15, 0.2) is 17.2 Å². The molecule has 0 fully saturated rings. The first kappa shape index (κ1) is 8.64. The molecule has 0 bridgehead atoms. The van der Waals surface area contributed by atoms with Crippen LogP contribution < -0.4 is 5.69 Å². The molecule has 0 radical (unpaired) electrons. The lowest BCUT2D eigenvalue weighted by molar-refractivity contribution is -0.108. The second-order valence-corrected chi connectivity index (χ2v) is 2.56. The lowest BCUT2D eigenvalue weighted by Crippen LogP contribution is -2.22. The number of aromatic nitrogens is 2. The van der Waals surface area contributed by atoms with Gasteiger partial charge in [-0.2, -0.15) is 0 Å². The maximum Gasteiger partial charge on any atom is 0.347 e. The van der Waals surface area contributed by atoms with Crippen molar-refractivity contribution in [1.29, 1.82) is 0 Å². The molecule has 64 valence electrons. The van der Waals surface area contributed by atoms with E-state index in [2.05, 4.69) is 4.98 Å². The van der Waals surface area contributed by atoms with Gasteiger partial charge in [0.15, 0.2) is 0 Å². The fourth-order valence-electron chi connectivity index (χ4n) is 0.918. The molecule has 0 aliphatic carbocycles. The molecule has 1 aromatic rings. The molecule has 0 aliphatic rings. The Labute approximate surface area is 69.9 Å². The first-order valence-corrected chi connectivity index (χ1v) is 3.71. The van der Waals surface area contributed by atoms with E-state index >= 15 is 0 Å². The highest BCUT2D eigenvalue weighted by Crippen LogP contribution is 1.90. The molecule has 0 saturated carbocycles. The fraction of sp³-hybridized carbons (Fsp3) is 0.375. The summed E-state index contributed by atoms with van der Waals surface area (Å²) in [6, 6.07) is 0. The van der Waals surface area contributed by atoms with Crippen molar-refractivity contribution in [2.75, 3.05) is 0 Å². The third-order valence-corrected chi connectivity index (χ3v) is 1.47. The van der Waals surface area contributed by atoms with Crippen molar-refractivity contribution >= 4 is 6.29 Å². The van der Waals surface area contributed by atoms with Crippen LogP contribution in [-0.4, -0.2) is 15.8 Å². The summed E-state index contributed by atoms with van der Waals surface area (Å²) in [5, 5.41) is 0. The summed E-state index contributed by atoms with van der Waals surface area (Å²) in [5.41, 5.74) is 0.614. The predicted molar refractivity (Wildman–Crippen MR) is 43.9 cm³/mol. The van der Waals surface area contributed by atoms with Crippen molar-refractivity contribution in [3.63, 3.8) is 0 Å². The highest BCUT2D eigenvalue weighted by Gasteiger charge is 1.95. The van der Waals surface area contributed by atoms with Crippen LogP contribution in [0.4, 0.5) is 0 Å². The minimum absolute atomic E-state index is 0.303. The van der Waals surface area contributed by atoms with Gasteiger partial charge in [0.2, 0.25) is 0 Å². The van der Waals surface area contributed by atoms with Crippen molar-refractivity contribution in [3.05, 3.63) is 28.4 Å². The molecule has 12 heavy (non-hydrogen) atoms. The molecule has 4 nitrogen and oxygen atoms in total. The van der Waals surface area contributed by atoms with Gasteiger partial charge in [-0.15, -0.1) is 0 Å². The molecule has 4 heteroatoms. The van der Waals surface area contributed by atoms with Crippen LogP contribution in [0.5, 0.6) is 0 Å². The van der Waals surface area contributed by atoms with Crippen LogP contribution in [0.25, 0.3) is 0 Å². The number of aldehydes is 1. The molecular formula is C8H10N2O2. The van der Waals surface area contributed by atoms with E-state index in [4.69, 9.17) is 0 Å². The molecule has 0 unspecified atom stereocenters. The van der Waals surface area contributed by atoms with Crippen molar-refractivity contribution in [2.24, 2.45) is 0 Å². The molecule has 1 aromatic heterocycles. The zero-order valence-electron chi connectivity index (χ0n) is 6.86. The summed E-state index contributed by atoms with van der Waals surface area (Å²) in [5.74, 6) is 0. The summed E-state index contributed by atoms with van der Waals surface area (Å²) in [4.78, 5) is 24.7. The molecule has 0 amide bonds. The van der Waals surface area contributed by atoms with E-state index in [-0.39, 0.29) is 5.69 Å². The maximum absolute atomic E-state index is 11.0. The first-order valence-electron chi connectivity index (χ1n) is 3.71. The van der Waals surface area contributed by atoms with Gasteiger partial charge in [-0.25, -0.2) is 9.78 Å². The standard InChI is InChI=1S/C8H10N2O2/c1-7-5-9-8(12)10(6-7)3-2-4-11/h4-6H,2-3H2,1H3. The van der Waals surface area contributed by atoms with Gasteiger partial charge in [0.05, 0.1) is 0 Å². The Bertz CT molecular complexity index is 330. The number of rotatable bonds is 3. The van der Waals surface area contributed by atoms with E-state index in [0.717, 1.165) is 11.8 Å². The van der Waals surface area contributed by atoms with Gasteiger partial charge in [-0.3, -0.25) is 4.57 Å². The molecule has 1 rings (SSSR count). The van der Waals surface area contributed by atoms with E-state index in [1.807, 2.05) is 6.92 Å². The summed E-state index contributed by atoms with van der Waals surface area (Å²) in [6.45, 7) is 2.26. The number of nitrogens with zero attached hydrogens (tertiary/aromatic N) is 2. The van der Waals surface area contributed by atoms with Gasteiger partial charge in [0.25, 0.3) is 0 Å². The summed E-state index contributed by atoms with van der Waals surface area (Å²) in [7, 11) is 0. The van der Waals surface area contributed by atoms with Crippen LogP contribution >= 0.6 is 0 Å². The third-order valence-electron chi connectivity index (χ3n) is 1.47.